The van der Waals surface area contributed by atoms with Crippen LogP contribution in [-0.4, -0.2) is 22.2 Å². The van der Waals surface area contributed by atoms with Crippen LogP contribution in [0.5, 0.6) is 0 Å². The van der Waals surface area contributed by atoms with Crippen LogP contribution in [0.15, 0.2) is 6.07 Å². The van der Waals surface area contributed by atoms with E-state index in [0.29, 0.717) is 12.2 Å². The summed E-state index contributed by atoms with van der Waals surface area (Å²) in [6.45, 7) is 3.37. The minimum Gasteiger partial charge on any atom is -0.351 e. The zero-order valence-corrected chi connectivity index (χ0v) is 8.86. The molecule has 2 rings (SSSR count). The monoisotopic (exact) mass is 208 g/mol. The lowest BCUT2D eigenvalue weighted by Gasteiger charge is -2.19. The maximum atomic E-state index is 11.5. The lowest BCUT2D eigenvalue weighted by Crippen LogP contribution is -2.23. The number of amides is 1. The first-order valence-electron chi connectivity index (χ1n) is 5.34. The van der Waals surface area contributed by atoms with Gasteiger partial charge >= 0.3 is 0 Å². The number of nitrogens with one attached hydrogen (secondary N) is 1. The Morgan fingerprint density at radius 3 is 3.27 bits per heavy atom. The van der Waals surface area contributed by atoms with E-state index in [-0.39, 0.29) is 11.9 Å². The van der Waals surface area contributed by atoms with Gasteiger partial charge in [-0.2, -0.15) is 5.10 Å². The molecular formula is C10H16N4O. The fourth-order valence-corrected chi connectivity index (χ4v) is 1.88. The Morgan fingerprint density at radius 2 is 2.60 bits per heavy atom. The van der Waals surface area contributed by atoms with Crippen molar-refractivity contribution >= 4 is 5.91 Å². The Bertz CT molecular complexity index is 371. The van der Waals surface area contributed by atoms with Crippen molar-refractivity contribution in [3.63, 3.8) is 0 Å². The molecule has 0 saturated heterocycles. The van der Waals surface area contributed by atoms with Crippen LogP contribution in [0.4, 0.5) is 0 Å². The third kappa shape index (κ3) is 1.87. The second-order valence-electron chi connectivity index (χ2n) is 3.79. The van der Waals surface area contributed by atoms with Crippen molar-refractivity contribution in [1.29, 1.82) is 0 Å². The second kappa shape index (κ2) is 4.02. The van der Waals surface area contributed by atoms with Crippen molar-refractivity contribution in [2.45, 2.75) is 32.4 Å². The topological polar surface area (TPSA) is 72.9 Å². The highest BCUT2D eigenvalue weighted by atomic mass is 16.1. The number of aromatic nitrogens is 2. The van der Waals surface area contributed by atoms with Gasteiger partial charge in [0.25, 0.3) is 5.91 Å². The maximum absolute atomic E-state index is 11.5. The fraction of sp³-hybridized carbons (Fsp3) is 0.600. The Morgan fingerprint density at radius 1 is 1.80 bits per heavy atom. The third-order valence-corrected chi connectivity index (χ3v) is 2.65. The van der Waals surface area contributed by atoms with E-state index in [9.17, 15) is 4.79 Å². The molecule has 0 fully saturated rings. The summed E-state index contributed by atoms with van der Waals surface area (Å²) in [4.78, 5) is 11.5. The molecule has 0 radical (unpaired) electrons. The van der Waals surface area contributed by atoms with Crippen molar-refractivity contribution in [2.24, 2.45) is 5.73 Å². The summed E-state index contributed by atoms with van der Waals surface area (Å²) < 4.78 is 1.85. The van der Waals surface area contributed by atoms with Crippen LogP contribution in [0.1, 0.15) is 42.0 Å². The molecule has 1 amide bonds. The molecule has 15 heavy (non-hydrogen) atoms. The number of aryl methyl sites for hydroxylation is 1. The standard InChI is InChI=1S/C10H16N4O/c1-2-12-10(15)8-6-9-7(11)4-3-5-14(9)13-8/h6-7H,2-5,11H2,1H3,(H,12,15). The number of fused-ring (bicyclic) bond motifs is 1. The van der Waals surface area contributed by atoms with E-state index in [1.165, 1.54) is 0 Å². The van der Waals surface area contributed by atoms with Gasteiger partial charge in [-0.15, -0.1) is 0 Å². The number of hydrogen-bond donors (Lipinski definition) is 2. The smallest absolute Gasteiger partial charge is 0.271 e. The first-order chi connectivity index (χ1) is 7.22. The summed E-state index contributed by atoms with van der Waals surface area (Å²) in [7, 11) is 0. The minimum absolute atomic E-state index is 0.0226. The molecule has 5 nitrogen and oxygen atoms in total. The molecule has 5 heteroatoms. The summed E-state index contributed by atoms with van der Waals surface area (Å²) in [5.74, 6) is -0.119. The summed E-state index contributed by atoms with van der Waals surface area (Å²) in [6.07, 6.45) is 2.01. The lowest BCUT2D eigenvalue weighted by molar-refractivity contribution is 0.0950. The molecule has 0 aromatic carbocycles. The van der Waals surface area contributed by atoms with Gasteiger partial charge < -0.3 is 11.1 Å². The molecule has 1 aliphatic heterocycles. The highest BCUT2D eigenvalue weighted by Gasteiger charge is 2.21. The van der Waals surface area contributed by atoms with Crippen LogP contribution < -0.4 is 11.1 Å². The number of nitrogens with zero attached hydrogens (tertiary/aromatic N) is 2. The van der Waals surface area contributed by atoms with E-state index in [1.54, 1.807) is 6.07 Å². The predicted molar refractivity (Wildman–Crippen MR) is 56.4 cm³/mol. The van der Waals surface area contributed by atoms with Crippen LogP contribution in [-0.2, 0) is 6.54 Å². The molecule has 0 aliphatic carbocycles. The van der Waals surface area contributed by atoms with Crippen molar-refractivity contribution in [3.05, 3.63) is 17.5 Å². The largest absolute Gasteiger partial charge is 0.351 e. The van der Waals surface area contributed by atoms with Crippen molar-refractivity contribution in [3.8, 4) is 0 Å². The Labute approximate surface area is 88.6 Å². The first kappa shape index (κ1) is 10.2. The quantitative estimate of drug-likeness (QED) is 0.740. The van der Waals surface area contributed by atoms with Crippen molar-refractivity contribution in [1.82, 2.24) is 15.1 Å². The molecule has 0 spiro atoms. The molecule has 1 unspecified atom stereocenters. The van der Waals surface area contributed by atoms with Crippen LogP contribution in [0, 0.1) is 0 Å². The highest BCUT2D eigenvalue weighted by molar-refractivity contribution is 5.92. The lowest BCUT2D eigenvalue weighted by atomic mass is 10.1. The highest BCUT2D eigenvalue weighted by Crippen LogP contribution is 2.22. The molecule has 2 heterocycles. The SMILES string of the molecule is CCNC(=O)c1cc2n(n1)CCCC2N. The summed E-state index contributed by atoms with van der Waals surface area (Å²) in [5.41, 5.74) is 7.39. The zero-order chi connectivity index (χ0) is 10.8. The number of carbonyl (C=O) groups excluding carboxylic acids is 1. The zero-order valence-electron chi connectivity index (χ0n) is 8.86. The van der Waals surface area contributed by atoms with Crippen LogP contribution in [0.3, 0.4) is 0 Å². The minimum atomic E-state index is -0.119. The molecule has 1 aliphatic rings. The summed E-state index contributed by atoms with van der Waals surface area (Å²) >= 11 is 0. The van der Waals surface area contributed by atoms with Gasteiger partial charge in [-0.3, -0.25) is 9.48 Å². The number of nitrogens with two attached hydrogens (primary N) is 1. The summed E-state index contributed by atoms with van der Waals surface area (Å²) in [5, 5.41) is 6.97. The molecule has 3 N–H and O–H groups in total. The summed E-state index contributed by atoms with van der Waals surface area (Å²) in [6, 6.07) is 1.82. The number of hydrogen-bond acceptors (Lipinski definition) is 3. The van der Waals surface area contributed by atoms with Crippen molar-refractivity contribution < 1.29 is 4.79 Å². The normalized spacial score (nSPS) is 19.7. The van der Waals surface area contributed by atoms with Crippen LogP contribution >= 0.6 is 0 Å². The first-order valence-corrected chi connectivity index (χ1v) is 5.34. The predicted octanol–water partition coefficient (Wildman–Crippen LogP) is 0.426. The van der Waals surface area contributed by atoms with Gasteiger partial charge in [-0.05, 0) is 25.8 Å². The molecule has 0 bridgehead atoms. The molecule has 0 saturated carbocycles. The van der Waals surface area contributed by atoms with E-state index in [2.05, 4.69) is 10.4 Å². The van der Waals surface area contributed by atoms with Gasteiger partial charge in [-0.1, -0.05) is 0 Å². The van der Waals surface area contributed by atoms with E-state index in [4.69, 9.17) is 5.73 Å². The van der Waals surface area contributed by atoms with Crippen molar-refractivity contribution in [2.75, 3.05) is 6.54 Å². The third-order valence-electron chi connectivity index (χ3n) is 2.65. The number of carbonyl (C=O) groups is 1. The number of rotatable bonds is 2. The Hall–Kier alpha value is -1.36. The molecule has 1 aromatic rings. The van der Waals surface area contributed by atoms with Gasteiger partial charge in [-0.25, -0.2) is 0 Å². The van der Waals surface area contributed by atoms with Crippen LogP contribution in [0.2, 0.25) is 0 Å². The Kier molecular flexibility index (Phi) is 2.73. The second-order valence-corrected chi connectivity index (χ2v) is 3.79. The van der Waals surface area contributed by atoms with E-state index >= 15 is 0 Å². The average Bonchev–Trinajstić information content (AvgIpc) is 2.63. The van der Waals surface area contributed by atoms with Gasteiger partial charge in [0.2, 0.25) is 0 Å². The van der Waals surface area contributed by atoms with E-state index in [0.717, 1.165) is 25.1 Å². The van der Waals surface area contributed by atoms with Gasteiger partial charge in [0.1, 0.15) is 0 Å². The van der Waals surface area contributed by atoms with Crippen LogP contribution in [0.25, 0.3) is 0 Å². The van der Waals surface area contributed by atoms with Gasteiger partial charge in [0.05, 0.1) is 5.69 Å². The average molecular weight is 208 g/mol. The maximum Gasteiger partial charge on any atom is 0.271 e. The molecule has 1 atom stereocenters. The van der Waals surface area contributed by atoms with Gasteiger partial charge in [0.15, 0.2) is 5.69 Å². The van der Waals surface area contributed by atoms with Gasteiger partial charge in [0, 0.05) is 19.1 Å². The fourth-order valence-electron chi connectivity index (χ4n) is 1.88. The molecule has 82 valence electrons. The van der Waals surface area contributed by atoms with E-state index in [1.807, 2.05) is 11.6 Å². The molecule has 1 aromatic heterocycles. The molecular weight excluding hydrogens is 192 g/mol. The Balaban J connectivity index is 2.25. The van der Waals surface area contributed by atoms with E-state index < -0.39 is 0 Å².